The number of alkyl halides is 2. The van der Waals surface area contributed by atoms with Crippen LogP contribution >= 0.6 is 31.9 Å². The fourth-order valence-corrected chi connectivity index (χ4v) is 2.03. The van der Waals surface area contributed by atoms with Crippen molar-refractivity contribution >= 4 is 37.6 Å². The topological polar surface area (TPSA) is 17.1 Å². The highest BCUT2D eigenvalue weighted by atomic mass is 79.9. The molecule has 0 amide bonds. The Balaban J connectivity index is 4.30. The van der Waals surface area contributed by atoms with Crippen molar-refractivity contribution in [2.45, 2.75) is 37.3 Å². The van der Waals surface area contributed by atoms with Gasteiger partial charge in [-0.05, 0) is 0 Å². The van der Waals surface area contributed by atoms with Crippen LogP contribution in [0, 0.1) is 17.3 Å². The van der Waals surface area contributed by atoms with Gasteiger partial charge in [0.15, 0.2) is 5.78 Å². The zero-order chi connectivity index (χ0) is 10.5. The van der Waals surface area contributed by atoms with E-state index >= 15 is 0 Å². The van der Waals surface area contributed by atoms with Crippen LogP contribution in [0.5, 0.6) is 0 Å². The van der Waals surface area contributed by atoms with Crippen LogP contribution in [0.25, 0.3) is 0 Å². The van der Waals surface area contributed by atoms with Crippen LogP contribution in [-0.4, -0.2) is 9.52 Å². The van der Waals surface area contributed by atoms with Gasteiger partial charge in [0.1, 0.15) is 3.74 Å². The maximum atomic E-state index is 11.6. The lowest BCUT2D eigenvalue weighted by atomic mass is 9.85. The molecule has 0 aromatic rings. The van der Waals surface area contributed by atoms with Gasteiger partial charge in [0, 0.05) is 18.3 Å². The summed E-state index contributed by atoms with van der Waals surface area (Å²) in [5.74, 6) is 6.10. The molecule has 1 nitrogen and oxygen atoms in total. The molecule has 0 aliphatic carbocycles. The zero-order valence-corrected chi connectivity index (χ0v) is 11.3. The van der Waals surface area contributed by atoms with Crippen molar-refractivity contribution in [1.82, 2.24) is 0 Å². The molecule has 0 aromatic heterocycles. The van der Waals surface area contributed by atoms with Crippen molar-refractivity contribution in [2.75, 3.05) is 0 Å². The Bertz CT molecular complexity index is 233. The molecular weight excluding hydrogens is 296 g/mol. The summed E-state index contributed by atoms with van der Waals surface area (Å²) in [6, 6.07) is 0. The molecule has 3 heteroatoms. The number of Topliss-reactive ketones (excluding diaryl/α,β-unsaturated/α-hetero) is 1. The van der Waals surface area contributed by atoms with Gasteiger partial charge < -0.3 is 0 Å². The monoisotopic (exact) mass is 308 g/mol. The Morgan fingerprint density at radius 2 is 1.92 bits per heavy atom. The fraction of sp³-hybridized carbons (Fsp3) is 0.700. The summed E-state index contributed by atoms with van der Waals surface area (Å²) < 4.78 is -0.265. The zero-order valence-electron chi connectivity index (χ0n) is 8.16. The standard InChI is InChI=1S/C10H14Br2O/c1-4-5-6-7-10(2,3)8(13)9(11)12/h9H,4,7H2,1-3H3. The SMILES string of the molecule is CCC#CCC(C)(C)C(=O)C(Br)Br. The summed E-state index contributed by atoms with van der Waals surface area (Å²) in [7, 11) is 0. The van der Waals surface area contributed by atoms with Gasteiger partial charge in [-0.2, -0.15) is 0 Å². The number of halogens is 2. The molecule has 0 saturated heterocycles. The van der Waals surface area contributed by atoms with Gasteiger partial charge in [-0.1, -0.05) is 52.6 Å². The molecule has 74 valence electrons. The third-order valence-electron chi connectivity index (χ3n) is 1.70. The molecule has 0 radical (unpaired) electrons. The van der Waals surface area contributed by atoms with Gasteiger partial charge in [0.25, 0.3) is 0 Å². The summed E-state index contributed by atoms with van der Waals surface area (Å²) in [6.07, 6.45) is 1.46. The van der Waals surface area contributed by atoms with Crippen LogP contribution in [0.2, 0.25) is 0 Å². The second kappa shape index (κ2) is 5.82. The number of rotatable bonds is 3. The minimum absolute atomic E-state index is 0.137. The highest BCUT2D eigenvalue weighted by Crippen LogP contribution is 2.27. The van der Waals surface area contributed by atoms with E-state index < -0.39 is 0 Å². The van der Waals surface area contributed by atoms with Crippen molar-refractivity contribution in [3.05, 3.63) is 0 Å². The van der Waals surface area contributed by atoms with Gasteiger partial charge in [0.05, 0.1) is 0 Å². The highest BCUT2D eigenvalue weighted by molar-refractivity contribution is 9.25. The molecule has 0 heterocycles. The van der Waals surface area contributed by atoms with Crippen LogP contribution in [0.1, 0.15) is 33.6 Å². The van der Waals surface area contributed by atoms with E-state index in [0.717, 1.165) is 6.42 Å². The van der Waals surface area contributed by atoms with Gasteiger partial charge in [0.2, 0.25) is 0 Å². The Morgan fingerprint density at radius 1 is 1.38 bits per heavy atom. The van der Waals surface area contributed by atoms with Crippen molar-refractivity contribution in [3.63, 3.8) is 0 Å². The number of hydrogen-bond donors (Lipinski definition) is 0. The maximum Gasteiger partial charge on any atom is 0.163 e. The molecule has 0 spiro atoms. The molecule has 0 aliphatic heterocycles. The predicted octanol–water partition coefficient (Wildman–Crippen LogP) is 3.50. The second-order valence-electron chi connectivity index (χ2n) is 3.43. The predicted molar refractivity (Wildman–Crippen MR) is 63.1 cm³/mol. The van der Waals surface area contributed by atoms with Gasteiger partial charge >= 0.3 is 0 Å². The highest BCUT2D eigenvalue weighted by Gasteiger charge is 2.30. The Labute approximate surface area is 96.9 Å². The molecule has 0 aromatic carbocycles. The third kappa shape index (κ3) is 4.83. The van der Waals surface area contributed by atoms with Crippen LogP contribution in [0.4, 0.5) is 0 Å². The second-order valence-corrected chi connectivity index (χ2v) is 6.49. The summed E-state index contributed by atoms with van der Waals surface area (Å²) >= 11 is 6.41. The average molecular weight is 310 g/mol. The first-order valence-corrected chi connectivity index (χ1v) is 6.03. The minimum Gasteiger partial charge on any atom is -0.297 e. The molecule has 0 rings (SSSR count). The van der Waals surface area contributed by atoms with Crippen molar-refractivity contribution in [1.29, 1.82) is 0 Å². The van der Waals surface area contributed by atoms with E-state index in [2.05, 4.69) is 43.7 Å². The smallest absolute Gasteiger partial charge is 0.163 e. The third-order valence-corrected chi connectivity index (χ3v) is 2.53. The molecular formula is C10H14Br2O. The van der Waals surface area contributed by atoms with Gasteiger partial charge in [-0.3, -0.25) is 4.79 Å². The van der Waals surface area contributed by atoms with Crippen LogP contribution in [-0.2, 0) is 4.79 Å². The molecule has 0 atom stereocenters. The number of carbonyl (C=O) groups is 1. The Kier molecular flexibility index (Phi) is 5.91. The lowest BCUT2D eigenvalue weighted by molar-refractivity contribution is -0.124. The normalized spacial score (nSPS) is 10.9. The van der Waals surface area contributed by atoms with Crippen molar-refractivity contribution < 1.29 is 4.79 Å². The first kappa shape index (κ1) is 13.2. The molecule has 0 saturated carbocycles. The molecule has 0 N–H and O–H groups in total. The van der Waals surface area contributed by atoms with E-state index in [1.165, 1.54) is 0 Å². The fourth-order valence-electron chi connectivity index (χ4n) is 0.791. The summed E-state index contributed by atoms with van der Waals surface area (Å²) in [6.45, 7) is 5.82. The van der Waals surface area contributed by atoms with Crippen LogP contribution < -0.4 is 0 Å². The molecule has 0 bridgehead atoms. The van der Waals surface area contributed by atoms with E-state index in [0.29, 0.717) is 6.42 Å². The summed E-state index contributed by atoms with van der Waals surface area (Å²) in [5.41, 5.74) is -0.375. The quantitative estimate of drug-likeness (QED) is 0.576. The van der Waals surface area contributed by atoms with Gasteiger partial charge in [-0.25, -0.2) is 0 Å². The van der Waals surface area contributed by atoms with Crippen molar-refractivity contribution in [2.24, 2.45) is 5.41 Å². The van der Waals surface area contributed by atoms with E-state index in [-0.39, 0.29) is 14.9 Å². The van der Waals surface area contributed by atoms with E-state index in [1.54, 1.807) is 0 Å². The van der Waals surface area contributed by atoms with E-state index in [4.69, 9.17) is 0 Å². The average Bonchev–Trinajstić information content (AvgIpc) is 2.03. The number of carbonyl (C=O) groups excluding carboxylic acids is 1. The van der Waals surface area contributed by atoms with Gasteiger partial charge in [-0.15, -0.1) is 11.8 Å². The first-order valence-electron chi connectivity index (χ1n) is 4.20. The van der Waals surface area contributed by atoms with E-state index in [9.17, 15) is 4.79 Å². The number of hydrogen-bond acceptors (Lipinski definition) is 1. The molecule has 0 unspecified atom stereocenters. The van der Waals surface area contributed by atoms with E-state index in [1.807, 2.05) is 20.8 Å². The van der Waals surface area contributed by atoms with Crippen LogP contribution in [0.15, 0.2) is 0 Å². The summed E-state index contributed by atoms with van der Waals surface area (Å²) in [5, 5.41) is 0. The largest absolute Gasteiger partial charge is 0.297 e. The lowest BCUT2D eigenvalue weighted by Gasteiger charge is -2.20. The Hall–Kier alpha value is 0.190. The first-order chi connectivity index (χ1) is 5.91. The lowest BCUT2D eigenvalue weighted by Crippen LogP contribution is -2.28. The molecule has 0 fully saturated rings. The Morgan fingerprint density at radius 3 is 2.31 bits per heavy atom. The molecule has 13 heavy (non-hydrogen) atoms. The van der Waals surface area contributed by atoms with Crippen LogP contribution in [0.3, 0.4) is 0 Å². The minimum atomic E-state index is -0.375. The molecule has 0 aliphatic rings. The summed E-state index contributed by atoms with van der Waals surface area (Å²) in [4.78, 5) is 11.6. The number of ketones is 1. The maximum absolute atomic E-state index is 11.6. The van der Waals surface area contributed by atoms with Crippen molar-refractivity contribution in [3.8, 4) is 11.8 Å².